The standard InChI is InChI=1S/C17H33NO4/c1-4-5-6-10-13-21-16(19)11-8-7-9-12-18-17(20)22-14-15(2)3/h15H,4-14H2,1-3H3,(H,18,20). The second-order valence-electron chi connectivity index (χ2n) is 6.01. The third-order valence-corrected chi connectivity index (χ3v) is 3.14. The van der Waals surface area contributed by atoms with Crippen LogP contribution in [0.3, 0.4) is 0 Å². The van der Waals surface area contributed by atoms with Crippen molar-refractivity contribution in [2.24, 2.45) is 5.92 Å². The van der Waals surface area contributed by atoms with Gasteiger partial charge in [-0.2, -0.15) is 0 Å². The molecule has 130 valence electrons. The Morgan fingerprint density at radius 3 is 2.36 bits per heavy atom. The molecular weight excluding hydrogens is 282 g/mol. The van der Waals surface area contributed by atoms with Gasteiger partial charge in [0, 0.05) is 13.0 Å². The molecule has 0 radical (unpaired) electrons. The van der Waals surface area contributed by atoms with Crippen molar-refractivity contribution in [2.75, 3.05) is 19.8 Å². The van der Waals surface area contributed by atoms with E-state index in [1.54, 1.807) is 0 Å². The fourth-order valence-corrected chi connectivity index (χ4v) is 1.84. The molecule has 0 fully saturated rings. The van der Waals surface area contributed by atoms with Crippen molar-refractivity contribution >= 4 is 12.1 Å². The fraction of sp³-hybridized carbons (Fsp3) is 0.882. The first-order valence-corrected chi connectivity index (χ1v) is 8.62. The first-order chi connectivity index (χ1) is 10.6. The molecule has 0 aliphatic heterocycles. The van der Waals surface area contributed by atoms with Crippen LogP contribution in [0, 0.1) is 5.92 Å². The molecule has 0 aromatic carbocycles. The van der Waals surface area contributed by atoms with Crippen LogP contribution in [-0.2, 0) is 14.3 Å². The van der Waals surface area contributed by atoms with Crippen molar-refractivity contribution in [2.45, 2.75) is 72.1 Å². The summed E-state index contributed by atoms with van der Waals surface area (Å²) in [5.74, 6) is 0.236. The summed E-state index contributed by atoms with van der Waals surface area (Å²) < 4.78 is 10.2. The Balaban J connectivity index is 3.31. The number of nitrogens with one attached hydrogen (secondary N) is 1. The highest BCUT2D eigenvalue weighted by atomic mass is 16.5. The van der Waals surface area contributed by atoms with Gasteiger partial charge in [0.05, 0.1) is 13.2 Å². The van der Waals surface area contributed by atoms with Gasteiger partial charge in [0.15, 0.2) is 0 Å². The minimum atomic E-state index is -0.361. The highest BCUT2D eigenvalue weighted by Gasteiger charge is 2.04. The lowest BCUT2D eigenvalue weighted by atomic mass is 10.2. The Morgan fingerprint density at radius 1 is 0.955 bits per heavy atom. The van der Waals surface area contributed by atoms with Crippen LogP contribution in [0.5, 0.6) is 0 Å². The topological polar surface area (TPSA) is 64.6 Å². The van der Waals surface area contributed by atoms with E-state index in [0.717, 1.165) is 32.1 Å². The third kappa shape index (κ3) is 15.1. The van der Waals surface area contributed by atoms with Gasteiger partial charge in [0.1, 0.15) is 0 Å². The summed E-state index contributed by atoms with van der Waals surface area (Å²) in [5, 5.41) is 2.70. The second kappa shape index (κ2) is 14.7. The highest BCUT2D eigenvalue weighted by molar-refractivity contribution is 5.69. The molecular formula is C17H33NO4. The van der Waals surface area contributed by atoms with E-state index in [-0.39, 0.29) is 12.1 Å². The largest absolute Gasteiger partial charge is 0.466 e. The lowest BCUT2D eigenvalue weighted by Crippen LogP contribution is -2.26. The zero-order valence-corrected chi connectivity index (χ0v) is 14.5. The predicted octanol–water partition coefficient (Wildman–Crippen LogP) is 4.05. The molecule has 0 unspecified atom stereocenters. The first-order valence-electron chi connectivity index (χ1n) is 8.62. The molecule has 1 N–H and O–H groups in total. The summed E-state index contributed by atoms with van der Waals surface area (Å²) in [6.45, 7) is 7.72. The van der Waals surface area contributed by atoms with Gasteiger partial charge < -0.3 is 14.8 Å². The number of hydrogen-bond acceptors (Lipinski definition) is 4. The summed E-state index contributed by atoms with van der Waals surface area (Å²) in [6, 6.07) is 0. The van der Waals surface area contributed by atoms with Crippen LogP contribution >= 0.6 is 0 Å². The Bertz CT molecular complexity index is 292. The van der Waals surface area contributed by atoms with Crippen LogP contribution in [0.2, 0.25) is 0 Å². The van der Waals surface area contributed by atoms with Gasteiger partial charge in [-0.15, -0.1) is 0 Å². The normalized spacial score (nSPS) is 10.5. The van der Waals surface area contributed by atoms with Gasteiger partial charge in [0.25, 0.3) is 0 Å². The maximum atomic E-state index is 11.5. The summed E-state index contributed by atoms with van der Waals surface area (Å²) in [6.07, 6.45) is 7.12. The molecule has 0 saturated heterocycles. The lowest BCUT2D eigenvalue weighted by molar-refractivity contribution is -0.143. The molecule has 0 bridgehead atoms. The number of ether oxygens (including phenoxy) is 2. The molecule has 1 amide bonds. The maximum absolute atomic E-state index is 11.5. The minimum Gasteiger partial charge on any atom is -0.466 e. The number of carbonyl (C=O) groups excluding carboxylic acids is 2. The Hall–Kier alpha value is -1.26. The van der Waals surface area contributed by atoms with Crippen molar-refractivity contribution < 1.29 is 19.1 Å². The van der Waals surface area contributed by atoms with Gasteiger partial charge in [-0.1, -0.05) is 46.5 Å². The van der Waals surface area contributed by atoms with Crippen molar-refractivity contribution in [1.29, 1.82) is 0 Å². The van der Waals surface area contributed by atoms with Crippen LogP contribution in [0.15, 0.2) is 0 Å². The Kier molecular flexibility index (Phi) is 13.8. The van der Waals surface area contributed by atoms with Crippen molar-refractivity contribution in [3.05, 3.63) is 0 Å². The summed E-state index contributed by atoms with van der Waals surface area (Å²) in [5.41, 5.74) is 0. The van der Waals surface area contributed by atoms with Crippen LogP contribution in [0.1, 0.15) is 72.1 Å². The number of hydrogen-bond donors (Lipinski definition) is 1. The van der Waals surface area contributed by atoms with Crippen LogP contribution < -0.4 is 5.32 Å². The Labute approximate surface area is 135 Å². The molecule has 22 heavy (non-hydrogen) atoms. The van der Waals surface area contributed by atoms with E-state index in [0.29, 0.717) is 32.1 Å². The predicted molar refractivity (Wildman–Crippen MR) is 87.8 cm³/mol. The summed E-state index contributed by atoms with van der Waals surface area (Å²) in [4.78, 5) is 22.7. The average molecular weight is 315 g/mol. The van der Waals surface area contributed by atoms with E-state index in [1.807, 2.05) is 13.8 Å². The molecule has 5 nitrogen and oxygen atoms in total. The summed E-state index contributed by atoms with van der Waals surface area (Å²) >= 11 is 0. The molecule has 0 aromatic rings. The van der Waals surface area contributed by atoms with E-state index < -0.39 is 0 Å². The monoisotopic (exact) mass is 315 g/mol. The molecule has 5 heteroatoms. The fourth-order valence-electron chi connectivity index (χ4n) is 1.84. The second-order valence-corrected chi connectivity index (χ2v) is 6.01. The molecule has 0 spiro atoms. The van der Waals surface area contributed by atoms with E-state index in [1.165, 1.54) is 12.8 Å². The van der Waals surface area contributed by atoms with Crippen molar-refractivity contribution in [1.82, 2.24) is 5.32 Å². The van der Waals surface area contributed by atoms with Gasteiger partial charge in [-0.05, 0) is 25.2 Å². The lowest BCUT2D eigenvalue weighted by Gasteiger charge is -2.08. The number of alkyl carbamates (subject to hydrolysis) is 1. The van der Waals surface area contributed by atoms with Gasteiger partial charge >= 0.3 is 12.1 Å². The molecule has 0 aliphatic carbocycles. The molecule has 0 atom stereocenters. The average Bonchev–Trinajstić information content (AvgIpc) is 2.48. The van der Waals surface area contributed by atoms with Crippen LogP contribution in [0.4, 0.5) is 4.79 Å². The number of carbonyl (C=O) groups is 2. The quantitative estimate of drug-likeness (QED) is 0.411. The van der Waals surface area contributed by atoms with Crippen LogP contribution in [0.25, 0.3) is 0 Å². The zero-order valence-electron chi connectivity index (χ0n) is 14.5. The minimum absolute atomic E-state index is 0.110. The van der Waals surface area contributed by atoms with Gasteiger partial charge in [-0.3, -0.25) is 4.79 Å². The first kappa shape index (κ1) is 20.7. The van der Waals surface area contributed by atoms with E-state index in [4.69, 9.17) is 9.47 Å². The number of rotatable bonds is 13. The van der Waals surface area contributed by atoms with E-state index in [2.05, 4.69) is 12.2 Å². The van der Waals surface area contributed by atoms with E-state index >= 15 is 0 Å². The molecule has 0 aliphatic rings. The molecule has 0 aromatic heterocycles. The number of unbranched alkanes of at least 4 members (excludes halogenated alkanes) is 5. The molecule has 0 rings (SSSR count). The summed E-state index contributed by atoms with van der Waals surface area (Å²) in [7, 11) is 0. The molecule has 0 heterocycles. The SMILES string of the molecule is CCCCCCOC(=O)CCCCCNC(=O)OCC(C)C. The highest BCUT2D eigenvalue weighted by Crippen LogP contribution is 2.03. The Morgan fingerprint density at radius 2 is 1.68 bits per heavy atom. The smallest absolute Gasteiger partial charge is 0.407 e. The maximum Gasteiger partial charge on any atom is 0.407 e. The number of esters is 1. The molecule has 0 saturated carbocycles. The van der Waals surface area contributed by atoms with Crippen molar-refractivity contribution in [3.63, 3.8) is 0 Å². The number of amides is 1. The van der Waals surface area contributed by atoms with Gasteiger partial charge in [0.2, 0.25) is 0 Å². The third-order valence-electron chi connectivity index (χ3n) is 3.14. The van der Waals surface area contributed by atoms with Crippen LogP contribution in [-0.4, -0.2) is 31.8 Å². The van der Waals surface area contributed by atoms with Crippen molar-refractivity contribution in [3.8, 4) is 0 Å². The van der Waals surface area contributed by atoms with E-state index in [9.17, 15) is 9.59 Å². The zero-order chi connectivity index (χ0) is 16.6. The van der Waals surface area contributed by atoms with Gasteiger partial charge in [-0.25, -0.2) is 4.79 Å².